The quantitative estimate of drug-likeness (QED) is 0.459. The Morgan fingerprint density at radius 3 is 2.28 bits per heavy atom. The molecule has 1 unspecified atom stereocenters. The van der Waals surface area contributed by atoms with Crippen LogP contribution in [0.3, 0.4) is 0 Å². The molecule has 10 heteroatoms. The van der Waals surface area contributed by atoms with E-state index in [9.17, 15) is 21.9 Å². The van der Waals surface area contributed by atoms with Crippen LogP contribution < -0.4 is 9.44 Å². The van der Waals surface area contributed by atoms with Crippen LogP contribution in [0.2, 0.25) is 5.02 Å². The highest BCUT2D eigenvalue weighted by molar-refractivity contribution is 7.89. The van der Waals surface area contributed by atoms with Crippen LogP contribution in [0.1, 0.15) is 45.2 Å². The van der Waals surface area contributed by atoms with E-state index in [4.69, 9.17) is 11.6 Å². The first kappa shape index (κ1) is 26.6. The van der Waals surface area contributed by atoms with Gasteiger partial charge in [0.2, 0.25) is 20.0 Å². The van der Waals surface area contributed by atoms with Crippen LogP contribution in [-0.4, -0.2) is 39.3 Å². The second kappa shape index (κ2) is 10.5. The molecule has 1 atom stereocenters. The Morgan fingerprint density at radius 2 is 1.69 bits per heavy atom. The number of benzene rings is 2. The lowest BCUT2D eigenvalue weighted by Crippen LogP contribution is -2.41. The molecule has 0 saturated carbocycles. The van der Waals surface area contributed by atoms with E-state index in [-0.39, 0.29) is 29.2 Å². The second-order valence-electron chi connectivity index (χ2n) is 8.73. The van der Waals surface area contributed by atoms with Crippen molar-refractivity contribution < 1.29 is 21.9 Å². The molecule has 0 aliphatic heterocycles. The standard InChI is InChI=1S/C22H31ClN2O5S2/c1-5-19(24-31(27,28)13-12-16-10-11-18(23)15-20(16)26)14-17-8-6-7-9-21(17)32(29,30)25-22(2,3)4/h6-11,15,19,24-26H,5,12-14H2,1-4H3. The van der Waals surface area contributed by atoms with E-state index in [1.54, 1.807) is 51.1 Å². The minimum absolute atomic E-state index is 0.0507. The van der Waals surface area contributed by atoms with Crippen LogP contribution in [0.5, 0.6) is 5.75 Å². The summed E-state index contributed by atoms with van der Waals surface area (Å²) in [4.78, 5) is 0.138. The highest BCUT2D eigenvalue weighted by Crippen LogP contribution is 2.23. The Labute approximate surface area is 196 Å². The molecule has 2 rings (SSSR count). The Kier molecular flexibility index (Phi) is 8.75. The fraction of sp³-hybridized carbons (Fsp3) is 0.455. The van der Waals surface area contributed by atoms with Crippen LogP contribution in [0, 0.1) is 0 Å². The number of phenolic OH excluding ortho intramolecular Hbond substituents is 1. The van der Waals surface area contributed by atoms with Crippen molar-refractivity contribution in [2.45, 2.75) is 63.4 Å². The van der Waals surface area contributed by atoms with Crippen LogP contribution in [0.15, 0.2) is 47.4 Å². The van der Waals surface area contributed by atoms with Crippen molar-refractivity contribution in [1.82, 2.24) is 9.44 Å². The van der Waals surface area contributed by atoms with E-state index in [1.807, 2.05) is 6.92 Å². The van der Waals surface area contributed by atoms with E-state index >= 15 is 0 Å². The summed E-state index contributed by atoms with van der Waals surface area (Å²) < 4.78 is 56.3. The second-order valence-corrected chi connectivity index (χ2v) is 12.7. The van der Waals surface area contributed by atoms with Crippen molar-refractivity contribution in [3.63, 3.8) is 0 Å². The third-order valence-corrected chi connectivity index (χ3v) is 8.22. The predicted molar refractivity (Wildman–Crippen MR) is 128 cm³/mol. The lowest BCUT2D eigenvalue weighted by atomic mass is 10.1. The maximum absolute atomic E-state index is 12.9. The number of hydrogen-bond acceptors (Lipinski definition) is 5. The van der Waals surface area contributed by atoms with Crippen molar-refractivity contribution in [1.29, 1.82) is 0 Å². The van der Waals surface area contributed by atoms with Crippen molar-refractivity contribution in [3.8, 4) is 5.75 Å². The zero-order valence-corrected chi connectivity index (χ0v) is 21.1. The topological polar surface area (TPSA) is 113 Å². The Hall–Kier alpha value is -1.65. The summed E-state index contributed by atoms with van der Waals surface area (Å²) in [5.74, 6) is -0.269. The van der Waals surface area contributed by atoms with Gasteiger partial charge in [-0.05, 0) is 69.4 Å². The van der Waals surface area contributed by atoms with Crippen molar-refractivity contribution in [2.75, 3.05) is 5.75 Å². The minimum atomic E-state index is -3.77. The zero-order chi connectivity index (χ0) is 24.2. The first-order valence-electron chi connectivity index (χ1n) is 10.3. The summed E-state index contributed by atoms with van der Waals surface area (Å²) in [6.45, 7) is 7.11. The average molecular weight is 503 g/mol. The number of rotatable bonds is 10. The number of sulfonamides is 2. The summed E-state index contributed by atoms with van der Waals surface area (Å²) in [5.41, 5.74) is 0.372. The smallest absolute Gasteiger partial charge is 0.241 e. The molecule has 0 spiro atoms. The molecular weight excluding hydrogens is 472 g/mol. The van der Waals surface area contributed by atoms with Crippen molar-refractivity contribution in [3.05, 3.63) is 58.6 Å². The van der Waals surface area contributed by atoms with Crippen molar-refractivity contribution in [2.24, 2.45) is 0 Å². The van der Waals surface area contributed by atoms with Gasteiger partial charge in [-0.2, -0.15) is 0 Å². The van der Waals surface area contributed by atoms with Crippen molar-refractivity contribution >= 4 is 31.6 Å². The molecule has 178 valence electrons. The molecule has 2 aromatic rings. The van der Waals surface area contributed by atoms with Gasteiger partial charge in [0.1, 0.15) is 5.75 Å². The van der Waals surface area contributed by atoms with Gasteiger partial charge in [-0.1, -0.05) is 42.8 Å². The maximum atomic E-state index is 12.9. The first-order chi connectivity index (χ1) is 14.7. The third-order valence-electron chi connectivity index (χ3n) is 4.70. The molecule has 0 fully saturated rings. The van der Waals surface area contributed by atoms with E-state index in [1.165, 1.54) is 12.1 Å². The number of aryl methyl sites for hydroxylation is 1. The van der Waals surface area contributed by atoms with Gasteiger partial charge >= 0.3 is 0 Å². The van der Waals surface area contributed by atoms with E-state index in [0.717, 1.165) is 0 Å². The van der Waals surface area contributed by atoms with Gasteiger partial charge in [0.05, 0.1) is 10.6 Å². The van der Waals surface area contributed by atoms with Gasteiger partial charge in [-0.15, -0.1) is 0 Å². The number of halogens is 1. The molecule has 0 aliphatic rings. The molecule has 0 aromatic heterocycles. The molecule has 2 aromatic carbocycles. The summed E-state index contributed by atoms with van der Waals surface area (Å²) >= 11 is 5.81. The molecule has 7 nitrogen and oxygen atoms in total. The molecule has 3 N–H and O–H groups in total. The SMILES string of the molecule is CCC(Cc1ccccc1S(=O)(=O)NC(C)(C)C)NS(=O)(=O)CCc1ccc(Cl)cc1O. The van der Waals surface area contributed by atoms with Gasteiger partial charge in [0.25, 0.3) is 0 Å². The van der Waals surface area contributed by atoms with Crippen LogP contribution in [0.4, 0.5) is 0 Å². The van der Waals surface area contributed by atoms with Gasteiger partial charge in [0.15, 0.2) is 0 Å². The molecule has 0 amide bonds. The minimum Gasteiger partial charge on any atom is -0.508 e. The van der Waals surface area contributed by atoms with E-state index in [2.05, 4.69) is 9.44 Å². The van der Waals surface area contributed by atoms with Crippen LogP contribution >= 0.6 is 11.6 Å². The Morgan fingerprint density at radius 1 is 1.03 bits per heavy atom. The number of hydrogen-bond donors (Lipinski definition) is 3. The molecule has 0 aliphatic carbocycles. The monoisotopic (exact) mass is 502 g/mol. The van der Waals surface area contributed by atoms with Crippen LogP contribution in [-0.2, 0) is 32.9 Å². The van der Waals surface area contributed by atoms with Gasteiger partial charge in [-0.3, -0.25) is 0 Å². The molecule has 0 heterocycles. The highest BCUT2D eigenvalue weighted by atomic mass is 35.5. The normalized spacial score (nSPS) is 13.8. The lowest BCUT2D eigenvalue weighted by molar-refractivity contribution is 0.468. The number of phenols is 1. The average Bonchev–Trinajstić information content (AvgIpc) is 2.65. The largest absolute Gasteiger partial charge is 0.508 e. The number of aromatic hydroxyl groups is 1. The summed E-state index contributed by atoms with van der Waals surface area (Å²) in [7, 11) is -7.44. The third kappa shape index (κ3) is 8.04. The first-order valence-corrected chi connectivity index (χ1v) is 13.8. The highest BCUT2D eigenvalue weighted by Gasteiger charge is 2.26. The Bertz CT molecular complexity index is 1140. The van der Waals surface area contributed by atoms with Gasteiger partial charge in [-0.25, -0.2) is 26.3 Å². The predicted octanol–water partition coefficient (Wildman–Crippen LogP) is 3.61. The van der Waals surface area contributed by atoms with Gasteiger partial charge in [0, 0.05) is 16.6 Å². The summed E-state index contributed by atoms with van der Waals surface area (Å²) in [6, 6.07) is 10.7. The van der Waals surface area contributed by atoms with Gasteiger partial charge < -0.3 is 5.11 Å². The van der Waals surface area contributed by atoms with E-state index < -0.39 is 31.6 Å². The number of nitrogens with one attached hydrogen (secondary N) is 2. The van der Waals surface area contributed by atoms with Crippen LogP contribution in [0.25, 0.3) is 0 Å². The fourth-order valence-corrected chi connectivity index (χ4v) is 6.43. The lowest BCUT2D eigenvalue weighted by Gasteiger charge is -2.23. The maximum Gasteiger partial charge on any atom is 0.241 e. The molecule has 0 bridgehead atoms. The zero-order valence-electron chi connectivity index (χ0n) is 18.7. The van der Waals surface area contributed by atoms with E-state index in [0.29, 0.717) is 22.6 Å². The fourth-order valence-electron chi connectivity index (χ4n) is 3.23. The molecular formula is C22H31ClN2O5S2. The molecule has 0 radical (unpaired) electrons. The molecule has 32 heavy (non-hydrogen) atoms. The summed E-state index contributed by atoms with van der Waals surface area (Å²) in [6.07, 6.45) is 0.824. The molecule has 0 saturated heterocycles. The Balaban J connectivity index is 2.15. The summed E-state index contributed by atoms with van der Waals surface area (Å²) in [5, 5.41) is 10.3.